The molecule has 110 valence electrons. The minimum atomic E-state index is -0.159. The van der Waals surface area contributed by atoms with Crippen LogP contribution in [-0.2, 0) is 0 Å². The normalized spacial score (nSPS) is 15.3. The summed E-state index contributed by atoms with van der Waals surface area (Å²) >= 11 is 0. The van der Waals surface area contributed by atoms with Crippen molar-refractivity contribution in [2.24, 2.45) is 0 Å². The Labute approximate surface area is 124 Å². The summed E-state index contributed by atoms with van der Waals surface area (Å²) in [5, 5.41) is 0. The highest BCUT2D eigenvalue weighted by molar-refractivity contribution is 5.55. The number of anilines is 3. The van der Waals surface area contributed by atoms with Gasteiger partial charge in [-0.1, -0.05) is 12.1 Å². The van der Waals surface area contributed by atoms with E-state index in [1.807, 2.05) is 25.1 Å². The van der Waals surface area contributed by atoms with Gasteiger partial charge in [0.1, 0.15) is 11.6 Å². The summed E-state index contributed by atoms with van der Waals surface area (Å²) in [7, 11) is 0. The molecule has 21 heavy (non-hydrogen) atoms. The summed E-state index contributed by atoms with van der Waals surface area (Å²) in [6.07, 6.45) is 1.69. The first-order valence-electron chi connectivity index (χ1n) is 7.11. The van der Waals surface area contributed by atoms with Crippen molar-refractivity contribution in [2.75, 3.05) is 41.7 Å². The molecule has 1 aliphatic heterocycles. The largest absolute Gasteiger partial charge is 0.397 e. The maximum absolute atomic E-state index is 13.8. The van der Waals surface area contributed by atoms with Gasteiger partial charge in [0.25, 0.3) is 0 Å². The number of hydrogen-bond acceptors (Lipinski definition) is 4. The SMILES string of the molecule is Cc1cc(N)cnc1N1CCN(c2ccccc2F)CC1. The number of aryl methyl sites for hydroxylation is 1. The molecule has 0 bridgehead atoms. The number of aromatic nitrogens is 1. The molecule has 2 N–H and O–H groups in total. The van der Waals surface area contributed by atoms with E-state index in [4.69, 9.17) is 5.73 Å². The van der Waals surface area contributed by atoms with E-state index in [2.05, 4.69) is 14.8 Å². The summed E-state index contributed by atoms with van der Waals surface area (Å²) in [5.41, 5.74) is 8.18. The lowest BCUT2D eigenvalue weighted by molar-refractivity contribution is 0.596. The molecule has 0 unspecified atom stereocenters. The van der Waals surface area contributed by atoms with Gasteiger partial charge in [-0.3, -0.25) is 0 Å². The molecule has 2 aromatic rings. The minimum Gasteiger partial charge on any atom is -0.397 e. The summed E-state index contributed by atoms with van der Waals surface area (Å²) < 4.78 is 13.8. The van der Waals surface area contributed by atoms with Crippen molar-refractivity contribution in [2.45, 2.75) is 6.92 Å². The van der Waals surface area contributed by atoms with Crippen molar-refractivity contribution in [3.8, 4) is 0 Å². The molecule has 0 radical (unpaired) electrons. The number of nitrogen functional groups attached to an aromatic ring is 1. The van der Waals surface area contributed by atoms with Crippen molar-refractivity contribution < 1.29 is 4.39 Å². The molecule has 1 aromatic carbocycles. The van der Waals surface area contributed by atoms with Crippen LogP contribution in [0.1, 0.15) is 5.56 Å². The first-order chi connectivity index (χ1) is 10.1. The Balaban J connectivity index is 1.72. The van der Waals surface area contributed by atoms with E-state index in [1.54, 1.807) is 12.3 Å². The number of rotatable bonds is 2. The number of nitrogens with zero attached hydrogens (tertiary/aromatic N) is 3. The zero-order valence-electron chi connectivity index (χ0n) is 12.1. The molecular formula is C16H19FN4. The van der Waals surface area contributed by atoms with E-state index in [0.29, 0.717) is 11.4 Å². The first kappa shape index (κ1) is 13.7. The fourth-order valence-electron chi connectivity index (χ4n) is 2.79. The zero-order chi connectivity index (χ0) is 14.8. The van der Waals surface area contributed by atoms with Crippen LogP contribution in [0.25, 0.3) is 0 Å². The van der Waals surface area contributed by atoms with Crippen LogP contribution in [0.3, 0.4) is 0 Å². The van der Waals surface area contributed by atoms with Crippen molar-refractivity contribution >= 4 is 17.2 Å². The van der Waals surface area contributed by atoms with Crippen LogP contribution in [0.2, 0.25) is 0 Å². The van der Waals surface area contributed by atoms with Crippen LogP contribution in [0.15, 0.2) is 36.5 Å². The molecule has 0 spiro atoms. The third-order valence-electron chi connectivity index (χ3n) is 3.84. The van der Waals surface area contributed by atoms with Gasteiger partial charge < -0.3 is 15.5 Å². The minimum absolute atomic E-state index is 0.159. The summed E-state index contributed by atoms with van der Waals surface area (Å²) in [5.74, 6) is 0.810. The van der Waals surface area contributed by atoms with E-state index in [-0.39, 0.29) is 5.82 Å². The molecule has 1 aromatic heterocycles. The molecule has 0 amide bonds. The summed E-state index contributed by atoms with van der Waals surface area (Å²) in [6, 6.07) is 8.86. The highest BCUT2D eigenvalue weighted by atomic mass is 19.1. The second-order valence-electron chi connectivity index (χ2n) is 5.33. The van der Waals surface area contributed by atoms with Crippen molar-refractivity contribution in [1.82, 2.24) is 4.98 Å². The van der Waals surface area contributed by atoms with E-state index in [1.165, 1.54) is 6.07 Å². The van der Waals surface area contributed by atoms with Gasteiger partial charge in [0, 0.05) is 26.2 Å². The first-order valence-corrected chi connectivity index (χ1v) is 7.11. The fraction of sp³-hybridized carbons (Fsp3) is 0.312. The average Bonchev–Trinajstić information content (AvgIpc) is 2.48. The predicted molar refractivity (Wildman–Crippen MR) is 84.2 cm³/mol. The lowest BCUT2D eigenvalue weighted by atomic mass is 10.2. The van der Waals surface area contributed by atoms with E-state index >= 15 is 0 Å². The molecule has 1 aliphatic rings. The molecule has 0 saturated carbocycles. The standard InChI is InChI=1S/C16H19FN4/c1-12-10-13(18)11-19-16(12)21-8-6-20(7-9-21)15-5-3-2-4-14(15)17/h2-5,10-11H,6-9,18H2,1H3. The maximum atomic E-state index is 13.8. The molecular weight excluding hydrogens is 267 g/mol. The van der Waals surface area contributed by atoms with Crippen molar-refractivity contribution in [3.63, 3.8) is 0 Å². The van der Waals surface area contributed by atoms with Crippen molar-refractivity contribution in [1.29, 1.82) is 0 Å². The monoisotopic (exact) mass is 286 g/mol. The highest BCUT2D eigenvalue weighted by Gasteiger charge is 2.21. The number of benzene rings is 1. The van der Waals surface area contributed by atoms with Gasteiger partial charge in [0.2, 0.25) is 0 Å². The average molecular weight is 286 g/mol. The van der Waals surface area contributed by atoms with Gasteiger partial charge in [-0.05, 0) is 30.7 Å². The highest BCUT2D eigenvalue weighted by Crippen LogP contribution is 2.24. The van der Waals surface area contributed by atoms with Crippen LogP contribution in [0, 0.1) is 12.7 Å². The third-order valence-corrected chi connectivity index (χ3v) is 3.84. The van der Waals surface area contributed by atoms with Gasteiger partial charge in [0.15, 0.2) is 0 Å². The van der Waals surface area contributed by atoms with Gasteiger partial charge in [-0.2, -0.15) is 0 Å². The summed E-state index contributed by atoms with van der Waals surface area (Å²) in [4.78, 5) is 8.74. The molecule has 4 nitrogen and oxygen atoms in total. The molecule has 2 heterocycles. The van der Waals surface area contributed by atoms with Gasteiger partial charge in [-0.25, -0.2) is 9.37 Å². The number of nitrogens with two attached hydrogens (primary N) is 1. The molecule has 3 rings (SSSR count). The number of hydrogen-bond donors (Lipinski definition) is 1. The molecule has 5 heteroatoms. The Morgan fingerprint density at radius 1 is 1.10 bits per heavy atom. The van der Waals surface area contributed by atoms with Crippen LogP contribution >= 0.6 is 0 Å². The van der Waals surface area contributed by atoms with E-state index in [9.17, 15) is 4.39 Å². The smallest absolute Gasteiger partial charge is 0.146 e. The number of pyridine rings is 1. The molecule has 0 aliphatic carbocycles. The second-order valence-corrected chi connectivity index (χ2v) is 5.33. The lowest BCUT2D eigenvalue weighted by Crippen LogP contribution is -2.47. The lowest BCUT2D eigenvalue weighted by Gasteiger charge is -2.37. The van der Waals surface area contributed by atoms with Gasteiger partial charge in [-0.15, -0.1) is 0 Å². The zero-order valence-corrected chi connectivity index (χ0v) is 12.1. The molecule has 0 atom stereocenters. The van der Waals surface area contributed by atoms with Crippen LogP contribution in [-0.4, -0.2) is 31.2 Å². The van der Waals surface area contributed by atoms with E-state index < -0.39 is 0 Å². The van der Waals surface area contributed by atoms with Crippen LogP contribution < -0.4 is 15.5 Å². The van der Waals surface area contributed by atoms with Gasteiger partial charge >= 0.3 is 0 Å². The van der Waals surface area contributed by atoms with Crippen LogP contribution in [0.5, 0.6) is 0 Å². The fourth-order valence-corrected chi connectivity index (χ4v) is 2.79. The number of piperazine rings is 1. The molecule has 1 fully saturated rings. The summed E-state index contributed by atoms with van der Waals surface area (Å²) in [6.45, 7) is 5.24. The quantitative estimate of drug-likeness (QED) is 0.921. The Morgan fingerprint density at radius 2 is 1.76 bits per heavy atom. The second kappa shape index (κ2) is 5.60. The maximum Gasteiger partial charge on any atom is 0.146 e. The Morgan fingerprint density at radius 3 is 2.43 bits per heavy atom. The number of halogens is 1. The Bertz CT molecular complexity index is 636. The third kappa shape index (κ3) is 2.77. The Kier molecular flexibility index (Phi) is 3.64. The number of para-hydroxylation sites is 1. The Hall–Kier alpha value is -2.30. The predicted octanol–water partition coefficient (Wildman–Crippen LogP) is 2.44. The van der Waals surface area contributed by atoms with Crippen LogP contribution in [0.4, 0.5) is 21.6 Å². The van der Waals surface area contributed by atoms with Crippen molar-refractivity contribution in [3.05, 3.63) is 47.9 Å². The van der Waals surface area contributed by atoms with E-state index in [0.717, 1.165) is 37.6 Å². The molecule has 1 saturated heterocycles. The van der Waals surface area contributed by atoms with Gasteiger partial charge in [0.05, 0.1) is 17.6 Å². The topological polar surface area (TPSA) is 45.4 Å².